The quantitative estimate of drug-likeness (QED) is 0.894. The Labute approximate surface area is 118 Å². The van der Waals surface area contributed by atoms with Crippen molar-refractivity contribution in [3.05, 3.63) is 16.1 Å². The lowest BCUT2D eigenvalue weighted by molar-refractivity contribution is 0.0923. The second-order valence-corrected chi connectivity index (χ2v) is 6.42. The van der Waals surface area contributed by atoms with E-state index in [0.29, 0.717) is 17.8 Å². The second kappa shape index (κ2) is 6.01. The molecule has 1 aliphatic heterocycles. The molecular weight excluding hydrogens is 258 g/mol. The molecule has 2 fully saturated rings. The van der Waals surface area contributed by atoms with Gasteiger partial charge in [0.15, 0.2) is 0 Å². The van der Waals surface area contributed by atoms with Gasteiger partial charge in [0.1, 0.15) is 10.7 Å². The summed E-state index contributed by atoms with van der Waals surface area (Å²) in [4.78, 5) is 16.7. The van der Waals surface area contributed by atoms with Crippen LogP contribution in [0.2, 0.25) is 0 Å². The normalized spacial score (nSPS) is 24.5. The molecule has 2 heterocycles. The predicted octanol–water partition coefficient (Wildman–Crippen LogP) is 2.63. The first kappa shape index (κ1) is 13.1. The second-order valence-electron chi connectivity index (χ2n) is 5.53. The Bertz CT molecular complexity index is 434. The molecule has 0 spiro atoms. The number of hydrogen-bond acceptors (Lipinski definition) is 4. The lowest BCUT2D eigenvalue weighted by atomic mass is 9.95. The van der Waals surface area contributed by atoms with Gasteiger partial charge in [-0.25, -0.2) is 4.98 Å². The van der Waals surface area contributed by atoms with Crippen LogP contribution in [-0.4, -0.2) is 23.5 Å². The molecule has 4 nitrogen and oxygen atoms in total. The summed E-state index contributed by atoms with van der Waals surface area (Å²) in [5.41, 5.74) is 0.597. The van der Waals surface area contributed by atoms with Gasteiger partial charge in [-0.15, -0.1) is 11.3 Å². The van der Waals surface area contributed by atoms with Crippen molar-refractivity contribution < 1.29 is 4.79 Å². The largest absolute Gasteiger partial charge is 0.348 e. The summed E-state index contributed by atoms with van der Waals surface area (Å²) in [6, 6.07) is 0.720. The molecule has 5 heteroatoms. The molecule has 3 rings (SSSR count). The molecule has 2 aliphatic rings. The summed E-state index contributed by atoms with van der Waals surface area (Å²) in [6.45, 7) is 1.06. The molecule has 1 aromatic rings. The summed E-state index contributed by atoms with van der Waals surface area (Å²) < 4.78 is 0. The number of carbonyl (C=O) groups is 1. The van der Waals surface area contributed by atoms with Gasteiger partial charge in [0.05, 0.1) is 6.04 Å². The van der Waals surface area contributed by atoms with Crippen LogP contribution in [0.15, 0.2) is 5.38 Å². The average Bonchev–Trinajstić information content (AvgIpc) is 3.11. The number of amides is 1. The van der Waals surface area contributed by atoms with E-state index in [1.54, 1.807) is 11.3 Å². The number of aromatic nitrogens is 1. The molecule has 1 unspecified atom stereocenters. The molecule has 1 saturated heterocycles. The summed E-state index contributed by atoms with van der Waals surface area (Å²) >= 11 is 1.60. The number of nitrogens with zero attached hydrogens (tertiary/aromatic N) is 1. The van der Waals surface area contributed by atoms with Gasteiger partial charge in [-0.05, 0) is 32.2 Å². The molecule has 0 bridgehead atoms. The van der Waals surface area contributed by atoms with E-state index in [4.69, 9.17) is 0 Å². The fraction of sp³-hybridized carbons (Fsp3) is 0.714. The molecule has 0 radical (unpaired) electrons. The zero-order valence-corrected chi connectivity index (χ0v) is 12.0. The third kappa shape index (κ3) is 3.15. The lowest BCUT2D eigenvalue weighted by Gasteiger charge is -2.22. The van der Waals surface area contributed by atoms with Crippen LogP contribution in [-0.2, 0) is 0 Å². The molecular formula is C14H21N3OS. The summed E-state index contributed by atoms with van der Waals surface area (Å²) in [5, 5.41) is 9.50. The number of hydrogen-bond donors (Lipinski definition) is 2. The van der Waals surface area contributed by atoms with Crippen LogP contribution >= 0.6 is 11.3 Å². The lowest BCUT2D eigenvalue weighted by Crippen LogP contribution is -2.36. The van der Waals surface area contributed by atoms with Crippen molar-refractivity contribution in [3.63, 3.8) is 0 Å². The molecule has 1 aromatic heterocycles. The van der Waals surface area contributed by atoms with Crippen molar-refractivity contribution >= 4 is 17.2 Å². The Kier molecular flexibility index (Phi) is 4.13. The van der Waals surface area contributed by atoms with Crippen molar-refractivity contribution in [2.75, 3.05) is 6.54 Å². The highest BCUT2D eigenvalue weighted by atomic mass is 32.1. The van der Waals surface area contributed by atoms with Gasteiger partial charge >= 0.3 is 0 Å². The molecule has 2 N–H and O–H groups in total. The molecule has 1 saturated carbocycles. The molecule has 1 amide bonds. The summed E-state index contributed by atoms with van der Waals surface area (Å²) in [6.07, 6.45) is 8.35. The molecule has 1 atom stereocenters. The summed E-state index contributed by atoms with van der Waals surface area (Å²) in [5.74, 6) is 0.00685. The maximum Gasteiger partial charge on any atom is 0.270 e. The Balaban J connectivity index is 1.59. The third-order valence-corrected chi connectivity index (χ3v) is 5.01. The molecule has 104 valence electrons. The van der Waals surface area contributed by atoms with Crippen molar-refractivity contribution in [1.29, 1.82) is 0 Å². The fourth-order valence-corrected chi connectivity index (χ4v) is 3.86. The van der Waals surface area contributed by atoms with Gasteiger partial charge in [0.25, 0.3) is 5.91 Å². The van der Waals surface area contributed by atoms with E-state index in [0.717, 1.165) is 30.8 Å². The minimum Gasteiger partial charge on any atom is -0.348 e. The minimum absolute atomic E-state index is 0.00685. The van der Waals surface area contributed by atoms with E-state index in [-0.39, 0.29) is 5.91 Å². The van der Waals surface area contributed by atoms with Crippen LogP contribution in [0.1, 0.15) is 66.5 Å². The zero-order valence-electron chi connectivity index (χ0n) is 11.2. The van der Waals surface area contributed by atoms with Gasteiger partial charge in [0.2, 0.25) is 0 Å². The van der Waals surface area contributed by atoms with Crippen LogP contribution < -0.4 is 10.6 Å². The Morgan fingerprint density at radius 1 is 1.26 bits per heavy atom. The first-order chi connectivity index (χ1) is 9.33. The minimum atomic E-state index is 0.00685. The standard InChI is InChI=1S/C14H21N3OS/c18-13(16-10-5-2-1-3-6-10)12-9-19-14(17-12)11-7-4-8-15-11/h9-11,15H,1-8H2,(H,16,18). The van der Waals surface area contributed by atoms with Crippen molar-refractivity contribution in [2.45, 2.75) is 57.0 Å². The maximum absolute atomic E-state index is 12.2. The van der Waals surface area contributed by atoms with Crippen molar-refractivity contribution in [2.24, 2.45) is 0 Å². The Morgan fingerprint density at radius 2 is 2.11 bits per heavy atom. The first-order valence-corrected chi connectivity index (χ1v) is 8.20. The van der Waals surface area contributed by atoms with Gasteiger partial charge in [-0.3, -0.25) is 4.79 Å². The number of nitrogens with one attached hydrogen (secondary N) is 2. The maximum atomic E-state index is 12.2. The van der Waals surface area contributed by atoms with Crippen LogP contribution in [0.25, 0.3) is 0 Å². The van der Waals surface area contributed by atoms with Crippen LogP contribution in [0.5, 0.6) is 0 Å². The first-order valence-electron chi connectivity index (χ1n) is 7.32. The molecule has 0 aromatic carbocycles. The highest BCUT2D eigenvalue weighted by Crippen LogP contribution is 2.26. The van der Waals surface area contributed by atoms with Crippen LogP contribution in [0, 0.1) is 0 Å². The topological polar surface area (TPSA) is 54.0 Å². The van der Waals surface area contributed by atoms with Crippen molar-refractivity contribution in [3.8, 4) is 0 Å². The van der Waals surface area contributed by atoms with E-state index in [1.807, 2.05) is 5.38 Å². The average molecular weight is 279 g/mol. The van der Waals surface area contributed by atoms with E-state index in [1.165, 1.54) is 25.7 Å². The Morgan fingerprint density at radius 3 is 2.84 bits per heavy atom. The number of thiazole rings is 1. The highest BCUT2D eigenvalue weighted by Gasteiger charge is 2.22. The van der Waals surface area contributed by atoms with E-state index in [2.05, 4.69) is 15.6 Å². The SMILES string of the molecule is O=C(NC1CCCCC1)c1csc(C2CCCN2)n1. The zero-order chi connectivity index (χ0) is 13.1. The van der Waals surface area contributed by atoms with Gasteiger partial charge < -0.3 is 10.6 Å². The number of carbonyl (C=O) groups excluding carboxylic acids is 1. The fourth-order valence-electron chi connectivity index (χ4n) is 2.95. The Hall–Kier alpha value is -0.940. The smallest absolute Gasteiger partial charge is 0.270 e. The van der Waals surface area contributed by atoms with Gasteiger partial charge in [-0.1, -0.05) is 19.3 Å². The van der Waals surface area contributed by atoms with Gasteiger partial charge in [-0.2, -0.15) is 0 Å². The monoisotopic (exact) mass is 279 g/mol. The molecule has 19 heavy (non-hydrogen) atoms. The highest BCUT2D eigenvalue weighted by molar-refractivity contribution is 7.09. The van der Waals surface area contributed by atoms with E-state index in [9.17, 15) is 4.79 Å². The predicted molar refractivity (Wildman–Crippen MR) is 76.4 cm³/mol. The van der Waals surface area contributed by atoms with Gasteiger partial charge in [0, 0.05) is 11.4 Å². The number of rotatable bonds is 3. The third-order valence-electron chi connectivity index (χ3n) is 4.05. The van der Waals surface area contributed by atoms with Crippen LogP contribution in [0.4, 0.5) is 0 Å². The van der Waals surface area contributed by atoms with E-state index < -0.39 is 0 Å². The van der Waals surface area contributed by atoms with E-state index >= 15 is 0 Å². The van der Waals surface area contributed by atoms with Crippen LogP contribution in [0.3, 0.4) is 0 Å². The summed E-state index contributed by atoms with van der Waals surface area (Å²) in [7, 11) is 0. The molecule has 1 aliphatic carbocycles. The van der Waals surface area contributed by atoms with Crippen molar-refractivity contribution in [1.82, 2.24) is 15.6 Å².